The van der Waals surface area contributed by atoms with Crippen LogP contribution in [0.5, 0.6) is 0 Å². The highest BCUT2D eigenvalue weighted by Crippen LogP contribution is 2.38. The van der Waals surface area contributed by atoms with E-state index in [9.17, 15) is 22.4 Å². The lowest BCUT2D eigenvalue weighted by atomic mass is 9.87. The average Bonchev–Trinajstić information content (AvgIpc) is 3.26. The topological polar surface area (TPSA) is 34.5 Å². The minimum absolute atomic E-state index is 0.0336. The van der Waals surface area contributed by atoms with Gasteiger partial charge in [0.2, 0.25) is 5.91 Å². The first-order valence-electron chi connectivity index (χ1n) is 12.1. The maximum absolute atomic E-state index is 13.6. The molecule has 3 aromatic carbocycles. The van der Waals surface area contributed by atoms with Gasteiger partial charge in [-0.3, -0.25) is 4.79 Å². The van der Waals surface area contributed by atoms with Crippen LogP contribution in [0.3, 0.4) is 0 Å². The van der Waals surface area contributed by atoms with Crippen molar-refractivity contribution in [1.82, 2.24) is 9.47 Å². The van der Waals surface area contributed by atoms with Gasteiger partial charge in [0.15, 0.2) is 0 Å². The normalized spacial score (nSPS) is 15.2. The molecular weight excluding hydrogens is 484 g/mol. The molecule has 0 radical (unpaired) electrons. The van der Waals surface area contributed by atoms with E-state index in [1.165, 1.54) is 18.2 Å². The van der Waals surface area contributed by atoms with E-state index in [4.69, 9.17) is 4.74 Å². The van der Waals surface area contributed by atoms with Crippen LogP contribution in [-0.2, 0) is 22.3 Å². The molecule has 1 aliphatic rings. The number of rotatable bonds is 6. The first kappa shape index (κ1) is 25.0. The molecule has 8 heteroatoms. The Kier molecular flexibility index (Phi) is 7.02. The van der Waals surface area contributed by atoms with Gasteiger partial charge in [-0.1, -0.05) is 48.5 Å². The molecule has 192 valence electrons. The number of ether oxygens (including phenoxy) is 1. The van der Waals surface area contributed by atoms with Crippen molar-refractivity contribution in [3.8, 4) is 0 Å². The fourth-order valence-corrected chi connectivity index (χ4v) is 4.93. The lowest BCUT2D eigenvalue weighted by Crippen LogP contribution is -2.41. The Bertz CT molecular complexity index is 1390. The summed E-state index contributed by atoms with van der Waals surface area (Å²) < 4.78 is 61.6. The second-order valence-corrected chi connectivity index (χ2v) is 9.23. The fraction of sp³-hybridized carbons (Fsp3) is 0.276. The number of amides is 1. The molecule has 1 unspecified atom stereocenters. The Labute approximate surface area is 212 Å². The van der Waals surface area contributed by atoms with E-state index in [-0.39, 0.29) is 18.1 Å². The summed E-state index contributed by atoms with van der Waals surface area (Å²) in [5, 5.41) is 0.863. The molecule has 4 aromatic rings. The number of benzene rings is 3. The van der Waals surface area contributed by atoms with Gasteiger partial charge in [0.25, 0.3) is 0 Å². The maximum Gasteiger partial charge on any atom is 0.416 e. The van der Waals surface area contributed by atoms with Gasteiger partial charge in [0, 0.05) is 49.1 Å². The second-order valence-electron chi connectivity index (χ2n) is 9.23. The van der Waals surface area contributed by atoms with Crippen molar-refractivity contribution >= 4 is 16.8 Å². The largest absolute Gasteiger partial charge is 0.416 e. The number of para-hydroxylation sites is 1. The molecule has 4 nitrogen and oxygen atoms in total. The molecule has 0 bridgehead atoms. The van der Waals surface area contributed by atoms with Gasteiger partial charge in [-0.2, -0.15) is 13.2 Å². The van der Waals surface area contributed by atoms with Crippen LogP contribution in [-0.4, -0.2) is 41.7 Å². The van der Waals surface area contributed by atoms with E-state index in [0.717, 1.165) is 34.2 Å². The number of fused-ring (bicyclic) bond motifs is 1. The highest BCUT2D eigenvalue weighted by molar-refractivity contribution is 5.87. The van der Waals surface area contributed by atoms with E-state index in [1.807, 2.05) is 35.0 Å². The van der Waals surface area contributed by atoms with Crippen molar-refractivity contribution in [2.45, 2.75) is 25.1 Å². The zero-order valence-corrected chi connectivity index (χ0v) is 20.0. The van der Waals surface area contributed by atoms with Crippen molar-refractivity contribution in [2.24, 2.45) is 0 Å². The molecule has 1 atom stereocenters. The molecule has 1 amide bonds. The van der Waals surface area contributed by atoms with E-state index in [1.54, 1.807) is 23.1 Å². The standard InChI is InChI=1S/C29H26F4N2O2/c30-23-10-8-20(9-11-23)18-35-19-26(24-6-1-2-7-27(24)35)25(17-28(36)34-12-14-37-15-13-34)21-4-3-5-22(16-21)29(31,32)33/h1-11,16,19,25H,12-15,17-18H2. The smallest absolute Gasteiger partial charge is 0.378 e. The third kappa shape index (κ3) is 5.54. The monoisotopic (exact) mass is 510 g/mol. The van der Waals surface area contributed by atoms with Crippen LogP contribution in [0.1, 0.15) is 34.6 Å². The third-order valence-corrected chi connectivity index (χ3v) is 6.82. The van der Waals surface area contributed by atoms with Gasteiger partial charge in [0.05, 0.1) is 18.8 Å². The average molecular weight is 511 g/mol. The maximum atomic E-state index is 13.6. The number of hydrogen-bond donors (Lipinski definition) is 0. The summed E-state index contributed by atoms with van der Waals surface area (Å²) in [6.45, 7) is 2.25. The van der Waals surface area contributed by atoms with Crippen LogP contribution < -0.4 is 0 Å². The van der Waals surface area contributed by atoms with Gasteiger partial charge >= 0.3 is 6.18 Å². The van der Waals surface area contributed by atoms with Crippen LogP contribution in [0.15, 0.2) is 79.0 Å². The molecule has 2 heterocycles. The van der Waals surface area contributed by atoms with Gasteiger partial charge in [0.1, 0.15) is 5.82 Å². The Morgan fingerprint density at radius 3 is 2.41 bits per heavy atom. The molecule has 0 aliphatic carbocycles. The lowest BCUT2D eigenvalue weighted by molar-refractivity contribution is -0.137. The predicted molar refractivity (Wildman–Crippen MR) is 133 cm³/mol. The fourth-order valence-electron chi connectivity index (χ4n) is 4.93. The molecule has 0 N–H and O–H groups in total. The lowest BCUT2D eigenvalue weighted by Gasteiger charge is -2.29. The number of carbonyl (C=O) groups is 1. The van der Waals surface area contributed by atoms with E-state index in [2.05, 4.69) is 0 Å². The van der Waals surface area contributed by atoms with E-state index >= 15 is 0 Å². The Morgan fingerprint density at radius 2 is 1.68 bits per heavy atom. The Morgan fingerprint density at radius 1 is 0.946 bits per heavy atom. The molecule has 0 saturated carbocycles. The Hall–Kier alpha value is -3.65. The van der Waals surface area contributed by atoms with Crippen molar-refractivity contribution in [2.75, 3.05) is 26.3 Å². The Balaban J connectivity index is 1.59. The molecule has 5 rings (SSSR count). The molecule has 1 fully saturated rings. The molecule has 1 aliphatic heterocycles. The van der Waals surface area contributed by atoms with Crippen molar-refractivity contribution < 1.29 is 27.1 Å². The summed E-state index contributed by atoms with van der Waals surface area (Å²) >= 11 is 0. The van der Waals surface area contributed by atoms with Crippen LogP contribution in [0.4, 0.5) is 17.6 Å². The first-order valence-corrected chi connectivity index (χ1v) is 12.1. The number of aromatic nitrogens is 1. The highest BCUT2D eigenvalue weighted by Gasteiger charge is 2.32. The van der Waals surface area contributed by atoms with Crippen LogP contribution >= 0.6 is 0 Å². The predicted octanol–water partition coefficient (Wildman–Crippen LogP) is 6.23. The summed E-state index contributed by atoms with van der Waals surface area (Å²) in [5.74, 6) is -1.04. The first-order chi connectivity index (χ1) is 17.8. The molecule has 37 heavy (non-hydrogen) atoms. The molecule has 1 saturated heterocycles. The summed E-state index contributed by atoms with van der Waals surface area (Å²) in [7, 11) is 0. The van der Waals surface area contributed by atoms with Crippen LogP contribution in [0.25, 0.3) is 10.9 Å². The minimum atomic E-state index is -4.49. The van der Waals surface area contributed by atoms with Gasteiger partial charge in [-0.15, -0.1) is 0 Å². The summed E-state index contributed by atoms with van der Waals surface area (Å²) in [6, 6.07) is 19.1. The summed E-state index contributed by atoms with van der Waals surface area (Å²) in [6.07, 6.45) is -2.55. The van der Waals surface area contributed by atoms with Crippen molar-refractivity contribution in [1.29, 1.82) is 0 Å². The minimum Gasteiger partial charge on any atom is -0.378 e. The number of morpholine rings is 1. The number of halogens is 4. The number of alkyl halides is 3. The third-order valence-electron chi connectivity index (χ3n) is 6.82. The van der Waals surface area contributed by atoms with Crippen molar-refractivity contribution in [3.63, 3.8) is 0 Å². The number of nitrogens with zero attached hydrogens (tertiary/aromatic N) is 2. The number of hydrogen-bond acceptors (Lipinski definition) is 2. The van der Waals surface area contributed by atoms with E-state index < -0.39 is 17.7 Å². The number of carbonyl (C=O) groups excluding carboxylic acids is 1. The van der Waals surface area contributed by atoms with Gasteiger partial charge < -0.3 is 14.2 Å². The quantitative estimate of drug-likeness (QED) is 0.288. The van der Waals surface area contributed by atoms with Crippen LogP contribution in [0, 0.1) is 5.82 Å². The van der Waals surface area contributed by atoms with Crippen LogP contribution in [0.2, 0.25) is 0 Å². The van der Waals surface area contributed by atoms with E-state index in [0.29, 0.717) is 38.4 Å². The highest BCUT2D eigenvalue weighted by atomic mass is 19.4. The second kappa shape index (κ2) is 10.4. The summed E-state index contributed by atoms with van der Waals surface area (Å²) in [5.41, 5.74) is 2.23. The van der Waals surface area contributed by atoms with Gasteiger partial charge in [-0.25, -0.2) is 4.39 Å². The zero-order chi connectivity index (χ0) is 26.0. The van der Waals surface area contributed by atoms with Gasteiger partial charge in [-0.05, 0) is 41.0 Å². The summed E-state index contributed by atoms with van der Waals surface area (Å²) in [4.78, 5) is 15.0. The molecule has 0 spiro atoms. The van der Waals surface area contributed by atoms with Crippen molar-refractivity contribution in [3.05, 3.63) is 107 Å². The SMILES string of the molecule is O=C(CC(c1cccc(C(F)(F)F)c1)c1cn(Cc2ccc(F)cc2)c2ccccc12)N1CCOCC1. The zero-order valence-electron chi connectivity index (χ0n) is 20.0. The molecule has 1 aromatic heterocycles. The molecular formula is C29H26F4N2O2.